The molecule has 0 bridgehead atoms. The number of hydrogen-bond donors (Lipinski definition) is 4. The lowest BCUT2D eigenvalue weighted by Crippen LogP contribution is -2.55. The van der Waals surface area contributed by atoms with Gasteiger partial charge in [0.25, 0.3) is 5.91 Å². The second-order valence-corrected chi connectivity index (χ2v) is 8.17. The van der Waals surface area contributed by atoms with E-state index in [1.165, 1.54) is 6.92 Å². The third-order valence-corrected chi connectivity index (χ3v) is 5.16. The standard InChI is InChI=1S/C24H29N3O6/c1-14(2)21(27-23(32)18-9-8-16-6-4-5-7-17(16)12-18)24(33)25-15(3)22(31)26-19(13-28)10-11-20(29)30/h4-9,12-15,19,21H,10-11H2,1-3H3,(H,25,33)(H,26,31)(H,27,32)(H,29,30)/t15-,19?,21-/m0/s1. The van der Waals surface area contributed by atoms with Crippen LogP contribution in [0.25, 0.3) is 10.8 Å². The van der Waals surface area contributed by atoms with Crippen molar-refractivity contribution in [1.29, 1.82) is 0 Å². The van der Waals surface area contributed by atoms with E-state index in [0.29, 0.717) is 11.8 Å². The van der Waals surface area contributed by atoms with Crippen LogP contribution in [0.4, 0.5) is 0 Å². The molecular formula is C24H29N3O6. The van der Waals surface area contributed by atoms with Crippen molar-refractivity contribution in [2.24, 2.45) is 5.92 Å². The number of rotatable bonds is 11. The number of aliphatic carboxylic acids is 1. The molecule has 176 valence electrons. The van der Waals surface area contributed by atoms with Gasteiger partial charge in [0.2, 0.25) is 11.8 Å². The van der Waals surface area contributed by atoms with Crippen LogP contribution in [-0.2, 0) is 19.2 Å². The molecular weight excluding hydrogens is 426 g/mol. The highest BCUT2D eigenvalue weighted by molar-refractivity contribution is 6.01. The molecule has 9 heteroatoms. The molecule has 0 aliphatic rings. The summed E-state index contributed by atoms with van der Waals surface area (Å²) in [6.07, 6.45) is 0.123. The molecule has 0 saturated heterocycles. The normalized spacial score (nSPS) is 13.6. The number of hydrogen-bond acceptors (Lipinski definition) is 5. The van der Waals surface area contributed by atoms with E-state index in [1.54, 1.807) is 26.0 Å². The average Bonchev–Trinajstić information content (AvgIpc) is 2.78. The number of amides is 3. The van der Waals surface area contributed by atoms with Crippen LogP contribution in [0.5, 0.6) is 0 Å². The summed E-state index contributed by atoms with van der Waals surface area (Å²) in [5.74, 6) is -2.94. The summed E-state index contributed by atoms with van der Waals surface area (Å²) >= 11 is 0. The Kier molecular flexibility index (Phi) is 9.08. The number of nitrogens with one attached hydrogen (secondary N) is 3. The van der Waals surface area contributed by atoms with E-state index in [2.05, 4.69) is 16.0 Å². The average molecular weight is 456 g/mol. The summed E-state index contributed by atoms with van der Waals surface area (Å²) in [4.78, 5) is 59.7. The van der Waals surface area contributed by atoms with Gasteiger partial charge in [0, 0.05) is 12.0 Å². The fraction of sp³-hybridized carbons (Fsp3) is 0.375. The van der Waals surface area contributed by atoms with Crippen LogP contribution in [0, 0.1) is 5.92 Å². The molecule has 9 nitrogen and oxygen atoms in total. The predicted octanol–water partition coefficient (Wildman–Crippen LogP) is 1.65. The molecule has 1 unspecified atom stereocenters. The van der Waals surface area contributed by atoms with Gasteiger partial charge >= 0.3 is 5.97 Å². The van der Waals surface area contributed by atoms with E-state index >= 15 is 0 Å². The van der Waals surface area contributed by atoms with Crippen LogP contribution in [-0.4, -0.2) is 53.2 Å². The van der Waals surface area contributed by atoms with Crippen molar-refractivity contribution in [2.75, 3.05) is 0 Å². The highest BCUT2D eigenvalue weighted by atomic mass is 16.4. The maximum atomic E-state index is 12.8. The number of carbonyl (C=O) groups is 5. The quantitative estimate of drug-likeness (QED) is 0.380. The van der Waals surface area contributed by atoms with Crippen molar-refractivity contribution in [3.05, 3.63) is 48.0 Å². The second-order valence-electron chi connectivity index (χ2n) is 8.17. The Morgan fingerprint density at radius 2 is 1.58 bits per heavy atom. The number of carbonyl (C=O) groups excluding carboxylic acids is 4. The zero-order chi connectivity index (χ0) is 24.5. The summed E-state index contributed by atoms with van der Waals surface area (Å²) in [7, 11) is 0. The van der Waals surface area contributed by atoms with Crippen molar-refractivity contribution in [3.8, 4) is 0 Å². The number of aldehydes is 1. The molecule has 2 aromatic rings. The zero-order valence-electron chi connectivity index (χ0n) is 18.8. The zero-order valence-corrected chi connectivity index (χ0v) is 18.8. The molecule has 3 atom stereocenters. The van der Waals surface area contributed by atoms with Gasteiger partial charge in [0.05, 0.1) is 6.04 Å². The van der Waals surface area contributed by atoms with Crippen molar-refractivity contribution >= 4 is 40.7 Å². The Morgan fingerprint density at radius 1 is 0.909 bits per heavy atom. The molecule has 0 spiro atoms. The van der Waals surface area contributed by atoms with Gasteiger partial charge in [0.15, 0.2) is 0 Å². The first-order valence-electron chi connectivity index (χ1n) is 10.7. The van der Waals surface area contributed by atoms with Crippen molar-refractivity contribution < 1.29 is 29.1 Å². The minimum Gasteiger partial charge on any atom is -0.481 e. The minimum absolute atomic E-state index is 0.0539. The second kappa shape index (κ2) is 11.8. The van der Waals surface area contributed by atoms with Crippen LogP contribution >= 0.6 is 0 Å². The smallest absolute Gasteiger partial charge is 0.303 e. The Balaban J connectivity index is 2.01. The molecule has 0 heterocycles. The molecule has 33 heavy (non-hydrogen) atoms. The van der Waals surface area contributed by atoms with Crippen LogP contribution in [0.15, 0.2) is 42.5 Å². The van der Waals surface area contributed by atoms with E-state index < -0.39 is 41.8 Å². The van der Waals surface area contributed by atoms with Gasteiger partial charge < -0.3 is 25.9 Å². The topological polar surface area (TPSA) is 142 Å². The first-order valence-corrected chi connectivity index (χ1v) is 10.7. The molecule has 0 saturated carbocycles. The maximum Gasteiger partial charge on any atom is 0.303 e. The number of carboxylic acids is 1. The Labute approximate surface area is 191 Å². The van der Waals surface area contributed by atoms with Gasteiger partial charge in [-0.05, 0) is 42.2 Å². The first kappa shape index (κ1) is 25.5. The van der Waals surface area contributed by atoms with E-state index in [9.17, 15) is 24.0 Å². The minimum atomic E-state index is -1.08. The molecule has 0 radical (unpaired) electrons. The molecule has 3 amide bonds. The highest BCUT2D eigenvalue weighted by Crippen LogP contribution is 2.16. The summed E-state index contributed by atoms with van der Waals surface area (Å²) in [6, 6.07) is 9.99. The fourth-order valence-electron chi connectivity index (χ4n) is 3.22. The van der Waals surface area contributed by atoms with Crippen molar-refractivity contribution in [3.63, 3.8) is 0 Å². The summed E-state index contributed by atoms with van der Waals surface area (Å²) in [5, 5.41) is 18.3. The third kappa shape index (κ3) is 7.41. The SMILES string of the molecule is CC(C)[C@H](NC(=O)c1ccc2ccccc2c1)C(=O)N[C@@H](C)C(=O)NC(C=O)CCC(=O)O. The van der Waals surface area contributed by atoms with Gasteiger partial charge in [-0.2, -0.15) is 0 Å². The molecule has 0 aliphatic carbocycles. The van der Waals surface area contributed by atoms with Crippen molar-refractivity contribution in [2.45, 2.75) is 51.7 Å². The van der Waals surface area contributed by atoms with E-state index in [-0.39, 0.29) is 18.8 Å². The van der Waals surface area contributed by atoms with Crippen LogP contribution in [0.3, 0.4) is 0 Å². The van der Waals surface area contributed by atoms with Crippen LogP contribution < -0.4 is 16.0 Å². The molecule has 4 N–H and O–H groups in total. The number of benzene rings is 2. The fourth-order valence-corrected chi connectivity index (χ4v) is 3.22. The van der Waals surface area contributed by atoms with Gasteiger partial charge in [-0.3, -0.25) is 19.2 Å². The van der Waals surface area contributed by atoms with Gasteiger partial charge in [0.1, 0.15) is 18.4 Å². The summed E-state index contributed by atoms with van der Waals surface area (Å²) < 4.78 is 0. The largest absolute Gasteiger partial charge is 0.481 e. The van der Waals surface area contributed by atoms with Gasteiger partial charge in [-0.15, -0.1) is 0 Å². The van der Waals surface area contributed by atoms with Crippen LogP contribution in [0.2, 0.25) is 0 Å². The van der Waals surface area contributed by atoms with E-state index in [1.807, 2.05) is 30.3 Å². The summed E-state index contributed by atoms with van der Waals surface area (Å²) in [6.45, 7) is 4.97. The Hall–Kier alpha value is -3.75. The molecule has 2 aromatic carbocycles. The van der Waals surface area contributed by atoms with Gasteiger partial charge in [-0.25, -0.2) is 0 Å². The first-order chi connectivity index (χ1) is 15.6. The molecule has 0 aromatic heterocycles. The summed E-state index contributed by atoms with van der Waals surface area (Å²) in [5.41, 5.74) is 0.408. The monoisotopic (exact) mass is 455 g/mol. The lowest BCUT2D eigenvalue weighted by Gasteiger charge is -2.24. The van der Waals surface area contributed by atoms with E-state index in [0.717, 1.165) is 10.8 Å². The lowest BCUT2D eigenvalue weighted by molar-refractivity contribution is -0.137. The maximum absolute atomic E-state index is 12.8. The Bertz CT molecular complexity index is 1040. The number of carboxylic acid groups (broad SMARTS) is 1. The predicted molar refractivity (Wildman–Crippen MR) is 123 cm³/mol. The van der Waals surface area contributed by atoms with E-state index in [4.69, 9.17) is 5.11 Å². The highest BCUT2D eigenvalue weighted by Gasteiger charge is 2.28. The molecule has 2 rings (SSSR count). The number of fused-ring (bicyclic) bond motifs is 1. The van der Waals surface area contributed by atoms with Gasteiger partial charge in [-0.1, -0.05) is 44.2 Å². The molecule has 0 aliphatic heterocycles. The molecule has 0 fully saturated rings. The van der Waals surface area contributed by atoms with Crippen LogP contribution in [0.1, 0.15) is 44.0 Å². The Morgan fingerprint density at radius 3 is 2.18 bits per heavy atom. The van der Waals surface area contributed by atoms with Crippen molar-refractivity contribution in [1.82, 2.24) is 16.0 Å². The lowest BCUT2D eigenvalue weighted by atomic mass is 10.0. The third-order valence-electron chi connectivity index (χ3n) is 5.16.